The van der Waals surface area contributed by atoms with Crippen LogP contribution in [0.5, 0.6) is 0 Å². The Labute approximate surface area is 230 Å². The molecule has 218 valence electrons. The molecule has 0 aromatic carbocycles. The van der Waals surface area contributed by atoms with Gasteiger partial charge in [0.15, 0.2) is 0 Å². The maximum Gasteiger partial charge on any atom is 0.306 e. The molecule has 0 amide bonds. The van der Waals surface area contributed by atoms with Crippen molar-refractivity contribution in [1.29, 1.82) is 0 Å². The van der Waals surface area contributed by atoms with Gasteiger partial charge in [-0.05, 0) is 114 Å². The molecule has 1 unspecified atom stereocenters. The number of aliphatic hydroxyl groups is 1. The fourth-order valence-electron chi connectivity index (χ4n) is 7.32. The maximum atomic E-state index is 12.4. The summed E-state index contributed by atoms with van der Waals surface area (Å²) in [7, 11) is 4.44. The number of likely N-dealkylation sites (tertiary alicyclic amines) is 2. The van der Waals surface area contributed by atoms with Crippen molar-refractivity contribution < 1.29 is 14.6 Å². The number of carbonyl (C=O) groups excluding carboxylic acids is 1. The summed E-state index contributed by atoms with van der Waals surface area (Å²) in [5.74, 6) is 0.681. The van der Waals surface area contributed by atoms with E-state index < -0.39 is 0 Å². The lowest BCUT2D eigenvalue weighted by molar-refractivity contribution is -0.159. The van der Waals surface area contributed by atoms with Gasteiger partial charge in [0.25, 0.3) is 0 Å². The molecule has 2 heterocycles. The number of carbonyl (C=O) groups is 1. The number of piperidine rings is 2. The summed E-state index contributed by atoms with van der Waals surface area (Å²) >= 11 is 0. The first-order chi connectivity index (χ1) is 17.0. The summed E-state index contributed by atoms with van der Waals surface area (Å²) in [6.07, 6.45) is 14.3. The van der Waals surface area contributed by atoms with E-state index in [-0.39, 0.29) is 40.3 Å². The number of rotatable bonds is 13. The lowest BCUT2D eigenvalue weighted by Gasteiger charge is -2.54. The van der Waals surface area contributed by atoms with Gasteiger partial charge in [0.2, 0.25) is 0 Å². The Morgan fingerprint density at radius 1 is 0.730 bits per heavy atom. The topological polar surface area (TPSA) is 53.0 Å². The second-order valence-corrected chi connectivity index (χ2v) is 15.1. The molecule has 2 aliphatic rings. The molecule has 0 aliphatic carbocycles. The molecule has 0 bridgehead atoms. The predicted octanol–water partition coefficient (Wildman–Crippen LogP) is 7.34. The Balaban J connectivity index is 1.51. The number of ether oxygens (including phenoxy) is 1. The minimum atomic E-state index is -0.157. The molecule has 2 aliphatic heterocycles. The third-order valence-electron chi connectivity index (χ3n) is 10.0. The highest BCUT2D eigenvalue weighted by Crippen LogP contribution is 2.42. The van der Waals surface area contributed by atoms with Crippen molar-refractivity contribution in [2.45, 2.75) is 180 Å². The van der Waals surface area contributed by atoms with Crippen LogP contribution in [0.25, 0.3) is 0 Å². The van der Waals surface area contributed by atoms with Crippen molar-refractivity contribution >= 4 is 5.97 Å². The highest BCUT2D eigenvalue weighted by molar-refractivity contribution is 5.69. The Morgan fingerprint density at radius 2 is 1.16 bits per heavy atom. The van der Waals surface area contributed by atoms with E-state index in [0.29, 0.717) is 12.3 Å². The van der Waals surface area contributed by atoms with E-state index in [2.05, 4.69) is 79.3 Å². The molecular weight excluding hydrogens is 460 g/mol. The lowest BCUT2D eigenvalue weighted by atomic mass is 9.72. The van der Waals surface area contributed by atoms with Gasteiger partial charge in [-0.25, -0.2) is 0 Å². The zero-order valence-corrected chi connectivity index (χ0v) is 26.3. The number of unbranched alkanes of at least 4 members (excludes halogenated alkanes) is 5. The van der Waals surface area contributed by atoms with E-state index in [0.717, 1.165) is 57.8 Å². The van der Waals surface area contributed by atoms with Crippen molar-refractivity contribution in [3.05, 3.63) is 0 Å². The highest BCUT2D eigenvalue weighted by Gasteiger charge is 2.44. The largest absolute Gasteiger partial charge is 0.462 e. The first-order valence-electron chi connectivity index (χ1n) is 15.3. The lowest BCUT2D eigenvalue weighted by Crippen LogP contribution is -2.60. The first-order valence-corrected chi connectivity index (χ1v) is 15.3. The van der Waals surface area contributed by atoms with Gasteiger partial charge in [-0.15, -0.1) is 0 Å². The van der Waals surface area contributed by atoms with Crippen LogP contribution in [0.15, 0.2) is 0 Å². The standard InChI is InChI=1S/C32H62N2O3/c1-29(2)21-25(22-30(3,4)33(29)9)19-20-26(35)17-15-13-11-12-14-16-18-28(36)37-27-23-31(5,6)34(10)32(7,8)24-27/h25-27,35H,11-24H2,1-10H3. The molecule has 37 heavy (non-hydrogen) atoms. The van der Waals surface area contributed by atoms with Gasteiger partial charge in [-0.1, -0.05) is 32.1 Å². The van der Waals surface area contributed by atoms with Gasteiger partial charge in [0.1, 0.15) is 6.10 Å². The van der Waals surface area contributed by atoms with E-state index in [1.807, 2.05) is 0 Å². The molecule has 0 aromatic heterocycles. The van der Waals surface area contributed by atoms with Crippen molar-refractivity contribution in [1.82, 2.24) is 9.80 Å². The molecular formula is C32H62N2O3. The SMILES string of the molecule is CN1C(C)(C)CC(CCC(O)CCCCCCCCC(=O)OC2CC(C)(C)N(C)C(C)(C)C2)CC1(C)C. The van der Waals surface area contributed by atoms with Gasteiger partial charge in [-0.2, -0.15) is 0 Å². The summed E-state index contributed by atoms with van der Waals surface area (Å²) in [6.45, 7) is 18.4. The van der Waals surface area contributed by atoms with Crippen LogP contribution in [0.1, 0.15) is 145 Å². The predicted molar refractivity (Wildman–Crippen MR) is 156 cm³/mol. The fraction of sp³-hybridized carbons (Fsp3) is 0.969. The molecule has 0 aromatic rings. The molecule has 1 N–H and O–H groups in total. The van der Waals surface area contributed by atoms with E-state index in [9.17, 15) is 9.90 Å². The third kappa shape index (κ3) is 9.80. The van der Waals surface area contributed by atoms with E-state index in [4.69, 9.17) is 4.74 Å². The second kappa shape index (κ2) is 13.1. The van der Waals surface area contributed by atoms with Crippen LogP contribution in [-0.2, 0) is 9.53 Å². The van der Waals surface area contributed by atoms with E-state index >= 15 is 0 Å². The summed E-state index contributed by atoms with van der Waals surface area (Å²) in [6, 6.07) is 0. The minimum absolute atomic E-state index is 0.0255. The first kappa shape index (κ1) is 32.6. The van der Waals surface area contributed by atoms with Crippen LogP contribution in [0.3, 0.4) is 0 Å². The molecule has 2 saturated heterocycles. The van der Waals surface area contributed by atoms with Gasteiger partial charge in [0.05, 0.1) is 6.10 Å². The Morgan fingerprint density at radius 3 is 1.68 bits per heavy atom. The molecule has 2 rings (SSSR count). The molecule has 5 nitrogen and oxygen atoms in total. The zero-order chi connectivity index (χ0) is 28.1. The molecule has 0 spiro atoms. The Hall–Kier alpha value is -0.650. The highest BCUT2D eigenvalue weighted by atomic mass is 16.5. The van der Waals surface area contributed by atoms with E-state index in [1.165, 1.54) is 25.7 Å². The van der Waals surface area contributed by atoms with Crippen molar-refractivity contribution in [3.8, 4) is 0 Å². The molecule has 0 radical (unpaired) electrons. The van der Waals surface area contributed by atoms with Gasteiger partial charge >= 0.3 is 5.97 Å². The van der Waals surface area contributed by atoms with Crippen LogP contribution in [-0.4, -0.2) is 69.3 Å². The number of hydrogen-bond acceptors (Lipinski definition) is 5. The maximum absolute atomic E-state index is 12.4. The number of aliphatic hydroxyl groups excluding tert-OH is 1. The average molecular weight is 523 g/mol. The normalized spacial score (nSPS) is 25.2. The van der Waals surface area contributed by atoms with Gasteiger partial charge < -0.3 is 9.84 Å². The van der Waals surface area contributed by atoms with Crippen LogP contribution in [0.2, 0.25) is 0 Å². The fourth-order valence-corrected chi connectivity index (χ4v) is 7.32. The van der Waals surface area contributed by atoms with Crippen LogP contribution < -0.4 is 0 Å². The molecule has 5 heteroatoms. The van der Waals surface area contributed by atoms with Crippen molar-refractivity contribution in [3.63, 3.8) is 0 Å². The second-order valence-electron chi connectivity index (χ2n) is 15.1. The van der Waals surface area contributed by atoms with Gasteiger partial charge in [0, 0.05) is 41.4 Å². The quantitative estimate of drug-likeness (QED) is 0.202. The minimum Gasteiger partial charge on any atom is -0.462 e. The third-order valence-corrected chi connectivity index (χ3v) is 10.0. The number of esters is 1. The zero-order valence-electron chi connectivity index (χ0n) is 26.3. The van der Waals surface area contributed by atoms with E-state index in [1.54, 1.807) is 0 Å². The van der Waals surface area contributed by atoms with Gasteiger partial charge in [-0.3, -0.25) is 14.6 Å². The van der Waals surface area contributed by atoms with Crippen LogP contribution >= 0.6 is 0 Å². The number of hydrogen-bond donors (Lipinski definition) is 1. The monoisotopic (exact) mass is 522 g/mol. The average Bonchev–Trinajstić information content (AvgIpc) is 2.75. The summed E-state index contributed by atoms with van der Waals surface area (Å²) in [4.78, 5) is 17.4. The molecule has 2 fully saturated rings. The van der Waals surface area contributed by atoms with Crippen LogP contribution in [0, 0.1) is 5.92 Å². The number of nitrogens with zero attached hydrogens (tertiary/aromatic N) is 2. The summed E-state index contributed by atoms with van der Waals surface area (Å²) in [5, 5.41) is 10.5. The Bertz CT molecular complexity index is 679. The van der Waals surface area contributed by atoms with Crippen molar-refractivity contribution in [2.24, 2.45) is 5.92 Å². The summed E-state index contributed by atoms with van der Waals surface area (Å²) in [5.41, 5.74) is 0.547. The van der Waals surface area contributed by atoms with Crippen LogP contribution in [0.4, 0.5) is 0 Å². The molecule has 1 atom stereocenters. The van der Waals surface area contributed by atoms with Crippen molar-refractivity contribution in [2.75, 3.05) is 14.1 Å². The summed E-state index contributed by atoms with van der Waals surface area (Å²) < 4.78 is 5.88. The Kier molecular flexibility index (Phi) is 11.6. The molecule has 0 saturated carbocycles. The smallest absolute Gasteiger partial charge is 0.306 e.